The van der Waals surface area contributed by atoms with E-state index in [0.717, 1.165) is 45.7 Å². The first-order valence-corrected chi connectivity index (χ1v) is 14.0. The minimum atomic E-state index is -0.590. The van der Waals surface area contributed by atoms with Crippen molar-refractivity contribution in [2.45, 2.75) is 39.7 Å². The number of nitrogens with one attached hydrogen (secondary N) is 3. The summed E-state index contributed by atoms with van der Waals surface area (Å²) in [7, 11) is 3.96. The van der Waals surface area contributed by atoms with Crippen LogP contribution >= 0.6 is 0 Å². The van der Waals surface area contributed by atoms with Gasteiger partial charge in [-0.05, 0) is 32.1 Å². The number of carbonyl (C=O) groups is 1. The lowest BCUT2D eigenvalue weighted by Gasteiger charge is -2.32. The lowest BCUT2D eigenvalue weighted by Crippen LogP contribution is -2.44. The molecular weight excluding hydrogens is 527 g/mol. The van der Waals surface area contributed by atoms with E-state index in [2.05, 4.69) is 53.0 Å². The Hall–Kier alpha value is -3.84. The summed E-state index contributed by atoms with van der Waals surface area (Å²) in [5.41, 5.74) is 1.68. The van der Waals surface area contributed by atoms with Crippen LogP contribution in [0.15, 0.2) is 29.6 Å². The molecule has 3 aromatic rings. The smallest absolute Gasteiger partial charge is 0.324 e. The number of oxime groups is 1. The Morgan fingerprint density at radius 1 is 1.15 bits per heavy atom. The highest BCUT2D eigenvalue weighted by molar-refractivity contribution is 6.03. The Morgan fingerprint density at radius 3 is 2.63 bits per heavy atom. The highest BCUT2D eigenvalue weighted by Crippen LogP contribution is 2.30. The van der Waals surface area contributed by atoms with Crippen LogP contribution in [0.2, 0.25) is 0 Å². The van der Waals surface area contributed by atoms with Crippen molar-refractivity contribution < 1.29 is 14.0 Å². The Bertz CT molecular complexity index is 1430. The second-order valence-corrected chi connectivity index (χ2v) is 11.8. The molecule has 1 saturated heterocycles. The third-order valence-electron chi connectivity index (χ3n) is 7.49. The second kappa shape index (κ2) is 12.0. The van der Waals surface area contributed by atoms with Gasteiger partial charge >= 0.3 is 6.03 Å². The van der Waals surface area contributed by atoms with Gasteiger partial charge in [-0.2, -0.15) is 10.1 Å². The zero-order chi connectivity index (χ0) is 29.1. The van der Waals surface area contributed by atoms with Gasteiger partial charge in [0.1, 0.15) is 17.6 Å². The number of likely N-dealkylation sites (N-methyl/N-ethyl adjacent to an activating group) is 1. The van der Waals surface area contributed by atoms with Crippen LogP contribution in [0, 0.1) is 11.2 Å². The molecule has 2 aliphatic rings. The summed E-state index contributed by atoms with van der Waals surface area (Å²) < 4.78 is 16.7. The monoisotopic (exact) mass is 566 g/mol. The van der Waals surface area contributed by atoms with Gasteiger partial charge in [-0.25, -0.2) is 18.9 Å². The van der Waals surface area contributed by atoms with Crippen molar-refractivity contribution in [3.05, 3.63) is 30.2 Å². The molecule has 0 radical (unpaired) electrons. The molecule has 1 atom stereocenters. The van der Waals surface area contributed by atoms with Crippen LogP contribution in [0.3, 0.4) is 0 Å². The lowest BCUT2D eigenvalue weighted by molar-refractivity contribution is 0.00830. The number of amidine groups is 1. The third-order valence-corrected chi connectivity index (χ3v) is 7.49. The molecule has 0 spiro atoms. The molecule has 0 aliphatic carbocycles. The van der Waals surface area contributed by atoms with Gasteiger partial charge in [0, 0.05) is 63.4 Å². The number of rotatable bonds is 7. The molecule has 1 fully saturated rings. The number of carbonyl (C=O) groups excluding carboxylic acids is 1. The van der Waals surface area contributed by atoms with Gasteiger partial charge < -0.3 is 25.3 Å². The van der Waals surface area contributed by atoms with Gasteiger partial charge in [-0.1, -0.05) is 32.0 Å². The van der Waals surface area contributed by atoms with Crippen LogP contribution in [-0.4, -0.2) is 93.8 Å². The fraction of sp³-hybridized carbons (Fsp3) is 0.536. The predicted octanol–water partition coefficient (Wildman–Crippen LogP) is 3.49. The number of anilines is 2. The standard InChI is InChI=1S/C28H39FN10O2/c1-28(2,3)22-16-23(36-41-22)33-27(40)32-21-8-7-18(15-20(21)29)24-19-17-31-26(34-25(19)38(5)35-24)30-9-6-10-39-13-11-37(4)12-14-39/h7-8,15,17,22H,6,9-14,16H2,1-5H3,(H,30,31,34)(H2,32,33,36,40). The molecule has 5 rings (SSSR count). The van der Waals surface area contributed by atoms with Gasteiger partial charge in [0.2, 0.25) is 5.95 Å². The molecule has 220 valence electrons. The quantitative estimate of drug-likeness (QED) is 0.371. The van der Waals surface area contributed by atoms with Gasteiger partial charge in [0.05, 0.1) is 11.1 Å². The number of benzene rings is 1. The normalized spacial score (nSPS) is 18.3. The van der Waals surface area contributed by atoms with Crippen molar-refractivity contribution in [3.63, 3.8) is 0 Å². The zero-order valence-corrected chi connectivity index (χ0v) is 24.4. The molecule has 1 unspecified atom stereocenters. The predicted molar refractivity (Wildman–Crippen MR) is 157 cm³/mol. The summed E-state index contributed by atoms with van der Waals surface area (Å²) in [6.45, 7) is 12.4. The van der Waals surface area contributed by atoms with Crippen molar-refractivity contribution in [1.82, 2.24) is 34.9 Å². The first-order valence-electron chi connectivity index (χ1n) is 14.0. The van der Waals surface area contributed by atoms with Gasteiger partial charge in [-0.15, -0.1) is 0 Å². The summed E-state index contributed by atoms with van der Waals surface area (Å²) in [4.78, 5) is 31.8. The van der Waals surface area contributed by atoms with Crippen LogP contribution in [0.4, 0.5) is 20.8 Å². The van der Waals surface area contributed by atoms with E-state index in [9.17, 15) is 4.79 Å². The van der Waals surface area contributed by atoms with Crippen LogP contribution in [0.1, 0.15) is 33.6 Å². The average Bonchev–Trinajstić information content (AvgIpc) is 3.53. The zero-order valence-electron chi connectivity index (χ0n) is 24.4. The van der Waals surface area contributed by atoms with E-state index in [0.29, 0.717) is 40.5 Å². The van der Waals surface area contributed by atoms with Crippen molar-refractivity contribution in [1.29, 1.82) is 0 Å². The van der Waals surface area contributed by atoms with Gasteiger partial charge in [0.25, 0.3) is 0 Å². The molecule has 2 aromatic heterocycles. The fourth-order valence-corrected chi connectivity index (χ4v) is 4.87. The number of piperazine rings is 1. The number of amides is 2. The van der Waals surface area contributed by atoms with E-state index in [4.69, 9.17) is 4.84 Å². The number of hydrogen-bond acceptors (Lipinski definition) is 9. The maximum absolute atomic E-state index is 15.0. The summed E-state index contributed by atoms with van der Waals surface area (Å²) >= 11 is 0. The van der Waals surface area contributed by atoms with E-state index in [-0.39, 0.29) is 17.2 Å². The van der Waals surface area contributed by atoms with Crippen LogP contribution < -0.4 is 16.0 Å². The molecular formula is C28H39FN10O2. The number of hydrogen-bond donors (Lipinski definition) is 3. The molecule has 12 nitrogen and oxygen atoms in total. The Labute approximate surface area is 239 Å². The number of aryl methyl sites for hydroxylation is 1. The number of urea groups is 1. The first-order chi connectivity index (χ1) is 19.6. The highest BCUT2D eigenvalue weighted by atomic mass is 19.1. The Morgan fingerprint density at radius 2 is 1.93 bits per heavy atom. The topological polar surface area (TPSA) is 125 Å². The minimum absolute atomic E-state index is 0.0395. The van der Waals surface area contributed by atoms with E-state index in [1.54, 1.807) is 24.0 Å². The minimum Gasteiger partial charge on any atom is -0.390 e. The Kier molecular flexibility index (Phi) is 8.36. The SMILES string of the molecule is CN1CCN(CCCNc2ncc3c(-c4ccc(NC(=O)NC5=NOC(C(C)(C)C)C5)c(F)c4)nn(C)c3n2)CC1. The third kappa shape index (κ3) is 6.91. The molecule has 0 saturated carbocycles. The van der Waals surface area contributed by atoms with Crippen molar-refractivity contribution in [2.75, 3.05) is 56.9 Å². The maximum atomic E-state index is 15.0. The largest absolute Gasteiger partial charge is 0.390 e. The molecule has 41 heavy (non-hydrogen) atoms. The van der Waals surface area contributed by atoms with E-state index in [1.807, 2.05) is 20.8 Å². The van der Waals surface area contributed by atoms with Gasteiger partial charge in [-0.3, -0.25) is 5.32 Å². The number of fused-ring (bicyclic) bond motifs is 1. The maximum Gasteiger partial charge on any atom is 0.324 e. The van der Waals surface area contributed by atoms with Crippen molar-refractivity contribution in [2.24, 2.45) is 17.6 Å². The van der Waals surface area contributed by atoms with E-state index < -0.39 is 11.8 Å². The summed E-state index contributed by atoms with van der Waals surface area (Å²) in [5.74, 6) is 0.352. The molecule has 1 aromatic carbocycles. The summed E-state index contributed by atoms with van der Waals surface area (Å²) in [5, 5.41) is 17.7. The molecule has 0 bridgehead atoms. The Balaban J connectivity index is 1.18. The number of halogens is 1. The van der Waals surface area contributed by atoms with Crippen LogP contribution in [0.5, 0.6) is 0 Å². The fourth-order valence-electron chi connectivity index (χ4n) is 4.87. The molecule has 4 heterocycles. The average molecular weight is 567 g/mol. The van der Waals surface area contributed by atoms with Crippen molar-refractivity contribution >= 4 is 34.5 Å². The van der Waals surface area contributed by atoms with Gasteiger partial charge in [0.15, 0.2) is 11.5 Å². The molecule has 2 aliphatic heterocycles. The van der Waals surface area contributed by atoms with E-state index >= 15 is 4.39 Å². The van der Waals surface area contributed by atoms with Crippen molar-refractivity contribution in [3.8, 4) is 11.3 Å². The lowest BCUT2D eigenvalue weighted by atomic mass is 9.87. The number of aromatic nitrogens is 4. The number of nitrogens with zero attached hydrogens (tertiary/aromatic N) is 7. The first kappa shape index (κ1) is 28.7. The molecule has 13 heteroatoms. The van der Waals surface area contributed by atoms with E-state index in [1.165, 1.54) is 12.1 Å². The second-order valence-electron chi connectivity index (χ2n) is 11.8. The molecule has 2 amide bonds. The van der Waals surface area contributed by atoms with Crippen LogP contribution in [0.25, 0.3) is 22.3 Å². The highest BCUT2D eigenvalue weighted by Gasteiger charge is 2.33. The van der Waals surface area contributed by atoms with Crippen LogP contribution in [-0.2, 0) is 11.9 Å². The molecule has 3 N–H and O–H groups in total. The summed E-state index contributed by atoms with van der Waals surface area (Å²) in [6, 6.07) is 3.96. The summed E-state index contributed by atoms with van der Waals surface area (Å²) in [6.07, 6.45) is 3.05.